The molecule has 0 aliphatic rings. The maximum absolute atomic E-state index is 9.42. The van der Waals surface area contributed by atoms with Crippen molar-refractivity contribution < 1.29 is 26.5 Å². The zero-order valence-electron chi connectivity index (χ0n) is 11.4. The molecule has 0 rings (SSSR count). The smallest absolute Gasteiger partial charge is 0.0823 e. The minimum atomic E-state index is -0.540. The third-order valence-corrected chi connectivity index (χ3v) is 1.72. The lowest BCUT2D eigenvalue weighted by Crippen LogP contribution is -2.09. The molecule has 1 N–H and O–H groups in total. The fourth-order valence-electron chi connectivity index (χ4n) is 0.681. The highest BCUT2D eigenvalue weighted by atomic mass is 16.3. The van der Waals surface area contributed by atoms with Crippen molar-refractivity contribution in [2.45, 2.75) is 20.0 Å². The van der Waals surface area contributed by atoms with Gasteiger partial charge in [-0.25, -0.2) is 0 Å². The molecule has 0 fully saturated rings. The monoisotopic (exact) mass is 286 g/mol. The third-order valence-electron chi connectivity index (χ3n) is 1.72. The van der Waals surface area contributed by atoms with E-state index >= 15 is 0 Å². The summed E-state index contributed by atoms with van der Waals surface area (Å²) in [6.07, 6.45) is 0.964. The molecule has 0 aliphatic carbocycles. The first-order valence-electron chi connectivity index (χ1n) is 5.72. The van der Waals surface area contributed by atoms with E-state index in [2.05, 4.69) is 81.1 Å². The van der Waals surface area contributed by atoms with Crippen LogP contribution in [0.4, 0.5) is 0 Å². The maximum atomic E-state index is 9.42. The summed E-state index contributed by atoms with van der Waals surface area (Å²) < 4.78 is 0. The Morgan fingerprint density at radius 2 is 1.20 bits per heavy atom. The average Bonchev–Trinajstić information content (AvgIpc) is 2.43. The van der Waals surface area contributed by atoms with Crippen molar-refractivity contribution in [3.63, 3.8) is 0 Å². The molecule has 0 spiro atoms. The number of rotatable bonds is 2. The van der Waals surface area contributed by atoms with Gasteiger partial charge in [-0.15, -0.1) is 0 Å². The highest BCUT2D eigenvalue weighted by molar-refractivity contribution is 4.94. The van der Waals surface area contributed by atoms with Crippen LogP contribution in [0.3, 0.4) is 0 Å². The lowest BCUT2D eigenvalue weighted by molar-refractivity contribution is 0.172. The second-order valence-corrected chi connectivity index (χ2v) is 3.60. The summed E-state index contributed by atoms with van der Waals surface area (Å²) in [6, 6.07) is 0. The lowest BCUT2D eigenvalue weighted by atomic mass is 10.1. The van der Waals surface area contributed by atoms with Crippen LogP contribution in [-0.4, -0.2) is 11.2 Å². The second kappa shape index (κ2) is 12.3. The normalized spacial score (nSPS) is 7.60. The summed E-state index contributed by atoms with van der Waals surface area (Å²) in [4.78, 5) is 0. The van der Waals surface area contributed by atoms with Crippen LogP contribution in [0.1, 0.15) is 35.2 Å². The molecular formula is C19H42O. The van der Waals surface area contributed by atoms with Crippen molar-refractivity contribution >= 4 is 0 Å². The Balaban J connectivity index is -0.0000000172. The topological polar surface area (TPSA) is 20.2 Å². The van der Waals surface area contributed by atoms with Gasteiger partial charge in [-0.05, 0) is 81.6 Å². The van der Waals surface area contributed by atoms with Crippen LogP contribution < -0.4 is 0 Å². The predicted octanol–water partition coefficient (Wildman–Crippen LogP) is 6.90. The Morgan fingerprint density at radius 1 is 0.800 bits per heavy atom. The summed E-state index contributed by atoms with van der Waals surface area (Å²) in [6.45, 7) is 7.11. The number of hydrogen-bond acceptors (Lipinski definition) is 1. The van der Waals surface area contributed by atoms with Crippen LogP contribution in [0.15, 0.2) is 87.2 Å². The van der Waals surface area contributed by atoms with Crippen molar-refractivity contribution in [3.8, 4) is 0 Å². The SMILES string of the molecule is C=C=C=C=C=C=C=C=C=C=C=C=C=C=C[C@H](O)C(C)C.[HH].[HH].[HH].[HH].[HH].[HH].[HH].[HH].[HH].[HH].[HH].[HH].[HH].[HH].[HH]. The molecule has 0 aromatic carbocycles. The van der Waals surface area contributed by atoms with E-state index < -0.39 is 6.10 Å². The molecule has 124 valence electrons. The fourth-order valence-corrected chi connectivity index (χ4v) is 0.681. The number of aliphatic hydroxyl groups is 1. The van der Waals surface area contributed by atoms with E-state index in [0.29, 0.717) is 0 Å². The average molecular weight is 287 g/mol. The van der Waals surface area contributed by atoms with E-state index in [9.17, 15) is 5.11 Å². The lowest BCUT2D eigenvalue weighted by Gasteiger charge is -2.05. The molecule has 0 heterocycles. The first kappa shape index (κ1) is 16.8. The van der Waals surface area contributed by atoms with Crippen molar-refractivity contribution in [1.82, 2.24) is 0 Å². The Kier molecular flexibility index (Phi) is 10.4. The van der Waals surface area contributed by atoms with Crippen LogP contribution in [0.25, 0.3) is 0 Å². The van der Waals surface area contributed by atoms with Gasteiger partial charge in [0.1, 0.15) is 0 Å². The molecular weight excluding hydrogens is 244 g/mol. The fraction of sp³-hybridized carbons (Fsp3) is 0.211. The molecule has 0 saturated carbocycles. The van der Waals surface area contributed by atoms with Crippen LogP contribution in [0.2, 0.25) is 0 Å². The van der Waals surface area contributed by atoms with E-state index in [1.165, 1.54) is 6.08 Å². The zero-order chi connectivity index (χ0) is 15.1. The highest BCUT2D eigenvalue weighted by Crippen LogP contribution is 2.00. The highest BCUT2D eigenvalue weighted by Gasteiger charge is 2.02. The molecule has 0 aliphatic heterocycles. The van der Waals surface area contributed by atoms with Crippen molar-refractivity contribution in [3.05, 3.63) is 87.2 Å². The summed E-state index contributed by atoms with van der Waals surface area (Å²) in [5.41, 5.74) is 32.5. The molecule has 1 heteroatoms. The molecule has 0 bridgehead atoms. The molecule has 20 heavy (non-hydrogen) atoms. The zero-order valence-corrected chi connectivity index (χ0v) is 11.4. The van der Waals surface area contributed by atoms with Gasteiger partial charge in [-0.1, -0.05) is 25.3 Å². The molecule has 0 amide bonds. The van der Waals surface area contributed by atoms with Gasteiger partial charge in [-0.3, -0.25) is 0 Å². The van der Waals surface area contributed by atoms with Crippen molar-refractivity contribution in [1.29, 1.82) is 0 Å². The summed E-state index contributed by atoms with van der Waals surface area (Å²) >= 11 is 0. The van der Waals surface area contributed by atoms with Crippen LogP contribution >= 0.6 is 0 Å². The van der Waals surface area contributed by atoms with E-state index in [1.54, 1.807) is 0 Å². The van der Waals surface area contributed by atoms with Gasteiger partial charge < -0.3 is 5.11 Å². The quantitative estimate of drug-likeness (QED) is 0.548. The molecule has 0 saturated heterocycles. The van der Waals surface area contributed by atoms with Gasteiger partial charge in [-0.2, -0.15) is 0 Å². The number of hydrogen-bond donors (Lipinski definition) is 1. The van der Waals surface area contributed by atoms with Gasteiger partial charge in [0.05, 0.1) is 6.10 Å². The van der Waals surface area contributed by atoms with Crippen molar-refractivity contribution in [2.75, 3.05) is 0 Å². The Hall–Kier alpha value is -3.16. The van der Waals surface area contributed by atoms with E-state index in [0.717, 1.165) is 0 Å². The molecule has 1 atom stereocenters. The molecule has 0 unspecified atom stereocenters. The number of aliphatic hydroxyl groups excluding tert-OH is 1. The summed E-state index contributed by atoms with van der Waals surface area (Å²) in [7, 11) is 0. The van der Waals surface area contributed by atoms with Crippen LogP contribution in [0.5, 0.6) is 0 Å². The molecule has 0 aromatic rings. The summed E-state index contributed by atoms with van der Waals surface area (Å²) in [5, 5.41) is 9.42. The van der Waals surface area contributed by atoms with E-state index in [4.69, 9.17) is 0 Å². The van der Waals surface area contributed by atoms with Gasteiger partial charge in [0, 0.05) is 21.4 Å². The maximum Gasteiger partial charge on any atom is 0.0823 e. The summed E-state index contributed by atoms with van der Waals surface area (Å²) in [5.74, 6) is 0.141. The minimum Gasteiger partial charge on any atom is -0.388 e. The standard InChI is InChI=1S/C19H12O.15H2/c1-4-5-6-7-8-9-10-11-12-13-14-15-16-17-19(20)18(2)3;;;;;;;;;;;;;;;/h17-20H,1H2,2-3H3;15*1H/t19-;;;;;;;;;;;;;;;/m0.............../s1. The van der Waals surface area contributed by atoms with Gasteiger partial charge in [0.25, 0.3) is 0 Å². The largest absolute Gasteiger partial charge is 0.388 e. The first-order chi connectivity index (χ1) is 9.68. The first-order valence-corrected chi connectivity index (χ1v) is 5.72. The Morgan fingerprint density at radius 3 is 1.60 bits per heavy atom. The second-order valence-electron chi connectivity index (χ2n) is 3.60. The van der Waals surface area contributed by atoms with Gasteiger partial charge in [0.15, 0.2) is 0 Å². The third kappa shape index (κ3) is 11.3. The Labute approximate surface area is 141 Å². The van der Waals surface area contributed by atoms with E-state index in [1.807, 2.05) is 13.8 Å². The minimum absolute atomic E-state index is 0. The van der Waals surface area contributed by atoms with E-state index in [-0.39, 0.29) is 27.3 Å². The van der Waals surface area contributed by atoms with Crippen molar-refractivity contribution in [2.24, 2.45) is 5.92 Å². The van der Waals surface area contributed by atoms with Crippen LogP contribution in [-0.2, 0) is 0 Å². The molecule has 0 aromatic heterocycles. The van der Waals surface area contributed by atoms with Gasteiger partial charge in [0.2, 0.25) is 0 Å². The Bertz CT molecular complexity index is 851. The van der Waals surface area contributed by atoms with Crippen LogP contribution in [0, 0.1) is 5.92 Å². The molecule has 0 radical (unpaired) electrons. The predicted molar refractivity (Wildman–Crippen MR) is 108 cm³/mol. The molecule has 1 nitrogen and oxygen atoms in total. The van der Waals surface area contributed by atoms with Gasteiger partial charge >= 0.3 is 0 Å².